The summed E-state index contributed by atoms with van der Waals surface area (Å²) in [5.41, 5.74) is 0.720. The Morgan fingerprint density at radius 2 is 2.50 bits per heavy atom. The molecule has 0 bridgehead atoms. The Bertz CT molecular complexity index is 349. The molecule has 2 rings (SSSR count). The molecule has 1 aromatic heterocycles. The summed E-state index contributed by atoms with van der Waals surface area (Å²) in [7, 11) is 0. The quantitative estimate of drug-likeness (QED) is 0.713. The predicted octanol–water partition coefficient (Wildman–Crippen LogP) is 1.02. The van der Waals surface area contributed by atoms with E-state index in [-0.39, 0.29) is 6.10 Å². The lowest BCUT2D eigenvalue weighted by molar-refractivity contribution is -0.0343. The number of rotatable bonds is 4. The van der Waals surface area contributed by atoms with Gasteiger partial charge in [-0.3, -0.25) is 9.69 Å². The second-order valence-electron chi connectivity index (χ2n) is 4.09. The molecule has 1 aliphatic heterocycles. The Labute approximate surface area is 95.8 Å². The standard InChI is InChI=1S/C12H18N2O2/c1-2-13-6-7-16-12(8-13)9-14-5-3-4-11(14)10-15/h3-5,10,12H,2,6-9H2,1H3. The lowest BCUT2D eigenvalue weighted by Crippen LogP contribution is -2.44. The second kappa shape index (κ2) is 5.27. The van der Waals surface area contributed by atoms with Crippen LogP contribution in [0.5, 0.6) is 0 Å². The third-order valence-corrected chi connectivity index (χ3v) is 3.06. The Morgan fingerprint density at radius 3 is 3.25 bits per heavy atom. The number of hydrogen-bond acceptors (Lipinski definition) is 3. The zero-order valence-corrected chi connectivity index (χ0v) is 9.63. The number of nitrogens with zero attached hydrogens (tertiary/aromatic N) is 2. The van der Waals surface area contributed by atoms with Gasteiger partial charge < -0.3 is 9.30 Å². The Kier molecular flexibility index (Phi) is 3.74. The number of ether oxygens (including phenoxy) is 1. The first-order valence-electron chi connectivity index (χ1n) is 5.77. The summed E-state index contributed by atoms with van der Waals surface area (Å²) in [6.07, 6.45) is 3.01. The van der Waals surface area contributed by atoms with Crippen LogP contribution < -0.4 is 0 Å². The molecular weight excluding hydrogens is 204 g/mol. The monoisotopic (exact) mass is 222 g/mol. The van der Waals surface area contributed by atoms with E-state index >= 15 is 0 Å². The number of likely N-dealkylation sites (N-methyl/N-ethyl adjacent to an activating group) is 1. The van der Waals surface area contributed by atoms with Gasteiger partial charge >= 0.3 is 0 Å². The van der Waals surface area contributed by atoms with Gasteiger partial charge in [-0.25, -0.2) is 0 Å². The summed E-state index contributed by atoms with van der Waals surface area (Å²) in [6.45, 7) is 6.74. The van der Waals surface area contributed by atoms with Crippen molar-refractivity contribution in [3.63, 3.8) is 0 Å². The molecule has 0 amide bonds. The maximum atomic E-state index is 10.8. The lowest BCUT2D eigenvalue weighted by Gasteiger charge is -2.32. The first-order chi connectivity index (χ1) is 7.83. The van der Waals surface area contributed by atoms with Gasteiger partial charge in [0.15, 0.2) is 6.29 Å². The van der Waals surface area contributed by atoms with E-state index in [4.69, 9.17) is 4.74 Å². The van der Waals surface area contributed by atoms with Crippen molar-refractivity contribution in [2.24, 2.45) is 0 Å². The van der Waals surface area contributed by atoms with Crippen LogP contribution >= 0.6 is 0 Å². The van der Waals surface area contributed by atoms with Crippen molar-refractivity contribution in [1.82, 2.24) is 9.47 Å². The molecule has 1 aliphatic rings. The minimum Gasteiger partial charge on any atom is -0.374 e. The molecule has 0 aliphatic carbocycles. The van der Waals surface area contributed by atoms with E-state index in [1.807, 2.05) is 22.9 Å². The molecule has 1 fully saturated rings. The fourth-order valence-corrected chi connectivity index (χ4v) is 2.10. The molecule has 2 heterocycles. The van der Waals surface area contributed by atoms with Gasteiger partial charge in [-0.05, 0) is 18.7 Å². The highest BCUT2D eigenvalue weighted by Crippen LogP contribution is 2.09. The van der Waals surface area contributed by atoms with E-state index < -0.39 is 0 Å². The molecule has 1 unspecified atom stereocenters. The molecule has 0 saturated carbocycles. The molecule has 88 valence electrons. The van der Waals surface area contributed by atoms with Crippen LogP contribution in [0.15, 0.2) is 18.3 Å². The SMILES string of the molecule is CCN1CCOC(Cn2cccc2C=O)C1. The summed E-state index contributed by atoms with van der Waals surface area (Å²) in [6, 6.07) is 3.72. The van der Waals surface area contributed by atoms with Gasteiger partial charge in [0.1, 0.15) is 0 Å². The first-order valence-corrected chi connectivity index (χ1v) is 5.77. The third-order valence-electron chi connectivity index (χ3n) is 3.06. The fourth-order valence-electron chi connectivity index (χ4n) is 2.10. The number of aromatic nitrogens is 1. The highest BCUT2D eigenvalue weighted by Gasteiger charge is 2.19. The number of morpholine rings is 1. The summed E-state index contributed by atoms with van der Waals surface area (Å²) >= 11 is 0. The number of carbonyl (C=O) groups excluding carboxylic acids is 1. The van der Waals surface area contributed by atoms with Gasteiger partial charge in [0.25, 0.3) is 0 Å². The van der Waals surface area contributed by atoms with Gasteiger partial charge in [-0.15, -0.1) is 0 Å². The smallest absolute Gasteiger partial charge is 0.166 e. The fraction of sp³-hybridized carbons (Fsp3) is 0.583. The van der Waals surface area contributed by atoms with Crippen molar-refractivity contribution in [2.75, 3.05) is 26.2 Å². The van der Waals surface area contributed by atoms with Crippen molar-refractivity contribution in [1.29, 1.82) is 0 Å². The molecular formula is C12H18N2O2. The minimum absolute atomic E-state index is 0.194. The average molecular weight is 222 g/mol. The van der Waals surface area contributed by atoms with E-state index in [9.17, 15) is 4.79 Å². The maximum Gasteiger partial charge on any atom is 0.166 e. The summed E-state index contributed by atoms with van der Waals surface area (Å²) in [4.78, 5) is 13.2. The molecule has 4 nitrogen and oxygen atoms in total. The maximum absolute atomic E-state index is 10.8. The van der Waals surface area contributed by atoms with Crippen LogP contribution in [-0.4, -0.2) is 48.1 Å². The van der Waals surface area contributed by atoms with Crippen LogP contribution in [0, 0.1) is 0 Å². The molecule has 4 heteroatoms. The summed E-state index contributed by atoms with van der Waals surface area (Å²) < 4.78 is 7.66. The van der Waals surface area contributed by atoms with Gasteiger partial charge in [0.05, 0.1) is 24.9 Å². The topological polar surface area (TPSA) is 34.5 Å². The number of aldehydes is 1. The molecule has 16 heavy (non-hydrogen) atoms. The Balaban J connectivity index is 1.96. The third kappa shape index (κ3) is 2.51. The summed E-state index contributed by atoms with van der Waals surface area (Å²) in [5, 5.41) is 0. The van der Waals surface area contributed by atoms with Gasteiger partial charge in [-0.1, -0.05) is 6.92 Å². The lowest BCUT2D eigenvalue weighted by atomic mass is 10.2. The van der Waals surface area contributed by atoms with Gasteiger partial charge in [-0.2, -0.15) is 0 Å². The Morgan fingerprint density at radius 1 is 1.62 bits per heavy atom. The van der Waals surface area contributed by atoms with E-state index in [1.54, 1.807) is 0 Å². The molecule has 0 radical (unpaired) electrons. The molecule has 1 saturated heterocycles. The minimum atomic E-state index is 0.194. The zero-order chi connectivity index (χ0) is 11.4. The average Bonchev–Trinajstić information content (AvgIpc) is 2.76. The predicted molar refractivity (Wildman–Crippen MR) is 61.7 cm³/mol. The number of carbonyl (C=O) groups is 1. The molecule has 0 N–H and O–H groups in total. The van der Waals surface area contributed by atoms with Crippen molar-refractivity contribution in [3.05, 3.63) is 24.0 Å². The van der Waals surface area contributed by atoms with Crippen LogP contribution in [0.1, 0.15) is 17.4 Å². The van der Waals surface area contributed by atoms with Crippen LogP contribution in [0.25, 0.3) is 0 Å². The van der Waals surface area contributed by atoms with Gasteiger partial charge in [0.2, 0.25) is 0 Å². The molecule has 0 spiro atoms. The Hall–Kier alpha value is -1.13. The van der Waals surface area contributed by atoms with Crippen LogP contribution in [0.3, 0.4) is 0 Å². The van der Waals surface area contributed by atoms with E-state index in [2.05, 4.69) is 11.8 Å². The van der Waals surface area contributed by atoms with Crippen LogP contribution in [0.4, 0.5) is 0 Å². The highest BCUT2D eigenvalue weighted by atomic mass is 16.5. The normalized spacial score (nSPS) is 22.2. The van der Waals surface area contributed by atoms with E-state index in [1.165, 1.54) is 0 Å². The van der Waals surface area contributed by atoms with Crippen molar-refractivity contribution >= 4 is 6.29 Å². The molecule has 0 aromatic carbocycles. The molecule has 1 aromatic rings. The highest BCUT2D eigenvalue weighted by molar-refractivity contribution is 5.72. The number of hydrogen-bond donors (Lipinski definition) is 0. The van der Waals surface area contributed by atoms with Crippen LogP contribution in [0.2, 0.25) is 0 Å². The van der Waals surface area contributed by atoms with Crippen molar-refractivity contribution in [3.8, 4) is 0 Å². The summed E-state index contributed by atoms with van der Waals surface area (Å²) in [5.74, 6) is 0. The second-order valence-corrected chi connectivity index (χ2v) is 4.09. The van der Waals surface area contributed by atoms with Crippen molar-refractivity contribution < 1.29 is 9.53 Å². The first kappa shape index (κ1) is 11.4. The molecule has 1 atom stereocenters. The van der Waals surface area contributed by atoms with Gasteiger partial charge in [0, 0.05) is 19.3 Å². The van der Waals surface area contributed by atoms with E-state index in [0.29, 0.717) is 0 Å². The van der Waals surface area contributed by atoms with Crippen molar-refractivity contribution in [2.45, 2.75) is 19.6 Å². The van der Waals surface area contributed by atoms with E-state index in [0.717, 1.165) is 44.8 Å². The zero-order valence-electron chi connectivity index (χ0n) is 9.63. The largest absolute Gasteiger partial charge is 0.374 e. The van der Waals surface area contributed by atoms with Crippen LogP contribution in [-0.2, 0) is 11.3 Å².